The molecule has 5 rings (SSSR count). The van der Waals surface area contributed by atoms with Gasteiger partial charge in [0, 0.05) is 36.4 Å². The van der Waals surface area contributed by atoms with E-state index in [0.717, 1.165) is 59.9 Å². The summed E-state index contributed by atoms with van der Waals surface area (Å²) in [4.78, 5) is 16.4. The molecule has 4 heterocycles. The molecule has 0 radical (unpaired) electrons. The van der Waals surface area contributed by atoms with Crippen LogP contribution in [0.4, 0.5) is 5.82 Å². The van der Waals surface area contributed by atoms with E-state index in [1.165, 1.54) is 0 Å². The van der Waals surface area contributed by atoms with Crippen LogP contribution >= 0.6 is 0 Å². The van der Waals surface area contributed by atoms with E-state index in [1.54, 1.807) is 12.4 Å². The average Bonchev–Trinajstić information content (AvgIpc) is 3.42. The molecular weight excluding hydrogens is 374 g/mol. The van der Waals surface area contributed by atoms with E-state index in [2.05, 4.69) is 50.6 Å². The molecule has 0 bridgehead atoms. The maximum Gasteiger partial charge on any atom is 0.162 e. The predicted molar refractivity (Wildman–Crippen MR) is 117 cm³/mol. The van der Waals surface area contributed by atoms with E-state index in [1.807, 2.05) is 30.6 Å². The van der Waals surface area contributed by atoms with Gasteiger partial charge in [0.05, 0.1) is 11.6 Å². The Morgan fingerprint density at radius 3 is 2.73 bits per heavy atom. The van der Waals surface area contributed by atoms with Crippen molar-refractivity contribution in [3.05, 3.63) is 60.9 Å². The van der Waals surface area contributed by atoms with Crippen LogP contribution < -0.4 is 4.90 Å². The number of benzene rings is 1. The van der Waals surface area contributed by atoms with Gasteiger partial charge in [-0.3, -0.25) is 4.98 Å². The summed E-state index contributed by atoms with van der Waals surface area (Å²) in [5.41, 5.74) is 1.92. The highest BCUT2D eigenvalue weighted by molar-refractivity contribution is 5.91. The molecule has 3 aromatic heterocycles. The largest absolute Gasteiger partial charge is 0.346 e. The van der Waals surface area contributed by atoms with Crippen LogP contribution in [-0.2, 0) is 6.54 Å². The molecule has 1 aromatic carbocycles. The Labute approximate surface area is 175 Å². The predicted octanol–water partition coefficient (Wildman–Crippen LogP) is 4.28. The lowest BCUT2D eigenvalue weighted by atomic mass is 10.1. The molecule has 0 amide bonds. The van der Waals surface area contributed by atoms with Gasteiger partial charge in [0.2, 0.25) is 0 Å². The molecular formula is C23H25N7. The van der Waals surface area contributed by atoms with Crippen molar-refractivity contribution in [2.24, 2.45) is 5.92 Å². The first-order chi connectivity index (χ1) is 14.7. The molecule has 0 saturated carbocycles. The van der Waals surface area contributed by atoms with Crippen LogP contribution in [0.3, 0.4) is 0 Å². The van der Waals surface area contributed by atoms with Crippen molar-refractivity contribution < 1.29 is 0 Å². The first kappa shape index (κ1) is 18.7. The molecule has 1 aliphatic rings. The van der Waals surface area contributed by atoms with Crippen molar-refractivity contribution in [2.75, 3.05) is 11.4 Å². The lowest BCUT2D eigenvalue weighted by molar-refractivity contribution is 0.487. The molecule has 0 aliphatic carbocycles. The summed E-state index contributed by atoms with van der Waals surface area (Å²) >= 11 is 0. The lowest BCUT2D eigenvalue weighted by Gasteiger charge is -2.27. The SMILES string of the molecule is CC(C)Cn1cnnc1C1CCCN1c1nc(-c2ccncc2)nc2ccccc12. The minimum Gasteiger partial charge on any atom is -0.346 e. The monoisotopic (exact) mass is 399 g/mol. The summed E-state index contributed by atoms with van der Waals surface area (Å²) in [6.45, 7) is 6.29. The van der Waals surface area contributed by atoms with E-state index >= 15 is 0 Å². The third-order valence-electron chi connectivity index (χ3n) is 5.55. The molecule has 1 fully saturated rings. The summed E-state index contributed by atoms with van der Waals surface area (Å²) in [5.74, 6) is 3.25. The summed E-state index contributed by atoms with van der Waals surface area (Å²) < 4.78 is 2.20. The average molecular weight is 400 g/mol. The van der Waals surface area contributed by atoms with Crippen LogP contribution in [0.25, 0.3) is 22.3 Å². The number of nitrogens with zero attached hydrogens (tertiary/aromatic N) is 7. The minimum absolute atomic E-state index is 0.162. The molecule has 1 aliphatic heterocycles. The first-order valence-electron chi connectivity index (χ1n) is 10.5. The van der Waals surface area contributed by atoms with Gasteiger partial charge in [-0.25, -0.2) is 9.97 Å². The number of hydrogen-bond donors (Lipinski definition) is 0. The van der Waals surface area contributed by atoms with Gasteiger partial charge in [0.15, 0.2) is 11.6 Å². The van der Waals surface area contributed by atoms with Gasteiger partial charge in [-0.15, -0.1) is 10.2 Å². The van der Waals surface area contributed by atoms with E-state index in [9.17, 15) is 0 Å². The number of anilines is 1. The molecule has 7 heteroatoms. The number of hydrogen-bond acceptors (Lipinski definition) is 6. The van der Waals surface area contributed by atoms with Gasteiger partial charge in [-0.2, -0.15) is 0 Å². The second-order valence-corrected chi connectivity index (χ2v) is 8.21. The van der Waals surface area contributed by atoms with Gasteiger partial charge in [0.1, 0.15) is 12.1 Å². The maximum atomic E-state index is 5.03. The topological polar surface area (TPSA) is 72.6 Å². The van der Waals surface area contributed by atoms with Crippen LogP contribution in [0.1, 0.15) is 38.6 Å². The molecule has 4 aromatic rings. The van der Waals surface area contributed by atoms with Crippen LogP contribution in [0, 0.1) is 5.92 Å². The molecule has 30 heavy (non-hydrogen) atoms. The number of pyridine rings is 1. The number of aromatic nitrogens is 6. The van der Waals surface area contributed by atoms with Gasteiger partial charge < -0.3 is 9.47 Å². The van der Waals surface area contributed by atoms with Crippen molar-refractivity contribution in [2.45, 2.75) is 39.3 Å². The normalized spacial score (nSPS) is 16.6. The fourth-order valence-corrected chi connectivity index (χ4v) is 4.25. The summed E-state index contributed by atoms with van der Waals surface area (Å²) in [6.07, 6.45) is 7.55. The zero-order chi connectivity index (χ0) is 20.5. The first-order valence-corrected chi connectivity index (χ1v) is 10.5. The van der Waals surface area contributed by atoms with Gasteiger partial charge in [0.25, 0.3) is 0 Å². The summed E-state index contributed by atoms with van der Waals surface area (Å²) in [7, 11) is 0. The Hall–Kier alpha value is -3.35. The maximum absolute atomic E-state index is 5.03. The van der Waals surface area contributed by atoms with Crippen molar-refractivity contribution >= 4 is 16.7 Å². The fraction of sp³-hybridized carbons (Fsp3) is 0.348. The fourth-order valence-electron chi connectivity index (χ4n) is 4.25. The smallest absolute Gasteiger partial charge is 0.162 e. The molecule has 7 nitrogen and oxygen atoms in total. The zero-order valence-corrected chi connectivity index (χ0v) is 17.3. The highest BCUT2D eigenvalue weighted by Crippen LogP contribution is 2.38. The number of rotatable bonds is 5. The Kier molecular flexibility index (Phi) is 4.86. The van der Waals surface area contributed by atoms with Crippen molar-refractivity contribution in [1.82, 2.24) is 29.7 Å². The standard InChI is InChI=1S/C23H25N7/c1-16(2)14-29-15-25-28-23(29)20-8-5-13-30(20)22-18-6-3-4-7-19(18)26-21(27-22)17-9-11-24-12-10-17/h3-4,6-7,9-12,15-16,20H,5,8,13-14H2,1-2H3. The number of para-hydroxylation sites is 1. The second kappa shape index (κ2) is 7.82. The Morgan fingerprint density at radius 1 is 1.07 bits per heavy atom. The molecule has 1 unspecified atom stereocenters. The molecule has 0 spiro atoms. The summed E-state index contributed by atoms with van der Waals surface area (Å²) in [6, 6.07) is 12.3. The van der Waals surface area contributed by atoms with Crippen LogP contribution in [-0.4, -0.2) is 36.3 Å². The third-order valence-corrected chi connectivity index (χ3v) is 5.55. The molecule has 152 valence electrons. The van der Waals surface area contributed by atoms with Crippen LogP contribution in [0.15, 0.2) is 55.1 Å². The Bertz CT molecular complexity index is 1150. The zero-order valence-electron chi connectivity index (χ0n) is 17.3. The van der Waals surface area contributed by atoms with E-state index < -0.39 is 0 Å². The third kappa shape index (κ3) is 3.40. The van der Waals surface area contributed by atoms with Crippen molar-refractivity contribution in [3.8, 4) is 11.4 Å². The molecule has 1 saturated heterocycles. The van der Waals surface area contributed by atoms with Gasteiger partial charge in [-0.05, 0) is 43.0 Å². The van der Waals surface area contributed by atoms with E-state index in [-0.39, 0.29) is 6.04 Å². The van der Waals surface area contributed by atoms with Crippen LogP contribution in [0.2, 0.25) is 0 Å². The molecule has 1 atom stereocenters. The van der Waals surface area contributed by atoms with Crippen molar-refractivity contribution in [3.63, 3.8) is 0 Å². The quantitative estimate of drug-likeness (QED) is 0.499. The minimum atomic E-state index is 0.162. The van der Waals surface area contributed by atoms with Gasteiger partial charge >= 0.3 is 0 Å². The Balaban J connectivity index is 1.62. The number of fused-ring (bicyclic) bond motifs is 1. The Morgan fingerprint density at radius 2 is 1.90 bits per heavy atom. The van der Waals surface area contributed by atoms with Crippen molar-refractivity contribution in [1.29, 1.82) is 0 Å². The second-order valence-electron chi connectivity index (χ2n) is 8.21. The highest BCUT2D eigenvalue weighted by Gasteiger charge is 2.32. The molecule has 0 N–H and O–H groups in total. The highest BCUT2D eigenvalue weighted by atomic mass is 15.3. The lowest BCUT2D eigenvalue weighted by Crippen LogP contribution is -2.27. The summed E-state index contributed by atoms with van der Waals surface area (Å²) in [5, 5.41) is 9.80. The van der Waals surface area contributed by atoms with E-state index in [0.29, 0.717) is 5.92 Å². The van der Waals surface area contributed by atoms with E-state index in [4.69, 9.17) is 9.97 Å². The van der Waals surface area contributed by atoms with Gasteiger partial charge in [-0.1, -0.05) is 26.0 Å². The van der Waals surface area contributed by atoms with Crippen LogP contribution in [0.5, 0.6) is 0 Å².